The lowest BCUT2D eigenvalue weighted by atomic mass is 10.1. The minimum Gasteiger partial charge on any atom is -0.550 e. The molecule has 0 unspecified atom stereocenters. The normalized spacial score (nSPS) is 9.59. The van der Waals surface area contributed by atoms with Crippen molar-refractivity contribution in [2.24, 2.45) is 0 Å². The first-order valence-electron chi connectivity index (χ1n) is 7.12. The first kappa shape index (κ1) is 18.8. The Kier molecular flexibility index (Phi) is 19.7. The molecule has 104 valence electrons. The van der Waals surface area contributed by atoms with Crippen LogP contribution >= 0.6 is 0 Å². The molecule has 0 aliphatic carbocycles. The number of aliphatic carboxylic acids is 1. The van der Waals surface area contributed by atoms with E-state index in [1.165, 1.54) is 64.2 Å². The van der Waals surface area contributed by atoms with Crippen LogP contribution in [0.25, 0.3) is 0 Å². The van der Waals surface area contributed by atoms with Gasteiger partial charge in [-0.05, 0) is 19.8 Å². The SMILES string of the molecule is CC(=O)[O-].CCCCCCCCCCCC[NH3+]. The topological polar surface area (TPSA) is 67.8 Å². The summed E-state index contributed by atoms with van der Waals surface area (Å²) in [6.45, 7) is 4.37. The van der Waals surface area contributed by atoms with Crippen molar-refractivity contribution >= 4 is 5.97 Å². The lowest BCUT2D eigenvalue weighted by Gasteiger charge is -2.00. The first-order chi connectivity index (χ1) is 8.15. The van der Waals surface area contributed by atoms with Gasteiger partial charge in [0.15, 0.2) is 0 Å². The van der Waals surface area contributed by atoms with Gasteiger partial charge in [-0.3, -0.25) is 0 Å². The smallest absolute Gasteiger partial charge is 0.0739 e. The number of carboxylic acid groups (broad SMARTS) is 1. The number of hydrogen-bond acceptors (Lipinski definition) is 2. The molecule has 0 bridgehead atoms. The van der Waals surface area contributed by atoms with Crippen molar-refractivity contribution in [3.05, 3.63) is 0 Å². The van der Waals surface area contributed by atoms with Crippen LogP contribution in [0.2, 0.25) is 0 Å². The van der Waals surface area contributed by atoms with Crippen molar-refractivity contribution in [1.29, 1.82) is 0 Å². The van der Waals surface area contributed by atoms with Crippen molar-refractivity contribution in [1.82, 2.24) is 0 Å². The zero-order valence-corrected chi connectivity index (χ0v) is 11.8. The number of carbonyl (C=O) groups is 1. The van der Waals surface area contributed by atoms with Crippen LogP contribution in [0.1, 0.15) is 78.1 Å². The van der Waals surface area contributed by atoms with Crippen LogP contribution in [0.15, 0.2) is 0 Å². The first-order valence-corrected chi connectivity index (χ1v) is 7.12. The van der Waals surface area contributed by atoms with Crippen molar-refractivity contribution in [3.8, 4) is 0 Å². The summed E-state index contributed by atoms with van der Waals surface area (Å²) in [5, 5.41) is 8.89. The summed E-state index contributed by atoms with van der Waals surface area (Å²) in [6, 6.07) is 0. The second-order valence-electron chi connectivity index (χ2n) is 4.53. The van der Waals surface area contributed by atoms with Gasteiger partial charge in [0.25, 0.3) is 0 Å². The molecule has 3 heteroatoms. The van der Waals surface area contributed by atoms with E-state index in [1.54, 1.807) is 0 Å². The van der Waals surface area contributed by atoms with Crippen LogP contribution in [-0.4, -0.2) is 12.5 Å². The third-order valence-electron chi connectivity index (χ3n) is 2.60. The highest BCUT2D eigenvalue weighted by molar-refractivity contribution is 5.60. The number of quaternary nitrogens is 1. The Morgan fingerprint density at radius 1 is 0.882 bits per heavy atom. The average Bonchev–Trinajstić information content (AvgIpc) is 2.26. The standard InChI is InChI=1S/C12H27N.C2H4O2/c1-2-3-4-5-6-7-8-9-10-11-12-13;1-2(3)4/h2-13H2,1H3;1H3,(H,3,4). The van der Waals surface area contributed by atoms with Crippen molar-refractivity contribution in [3.63, 3.8) is 0 Å². The predicted molar refractivity (Wildman–Crippen MR) is 70.3 cm³/mol. The molecule has 0 heterocycles. The zero-order valence-electron chi connectivity index (χ0n) is 11.8. The molecule has 3 N–H and O–H groups in total. The van der Waals surface area contributed by atoms with Crippen LogP contribution in [-0.2, 0) is 4.79 Å². The molecule has 0 saturated carbocycles. The molecule has 0 aromatic rings. The molecule has 17 heavy (non-hydrogen) atoms. The molecule has 0 radical (unpaired) electrons. The Balaban J connectivity index is 0. The van der Waals surface area contributed by atoms with E-state index in [2.05, 4.69) is 12.7 Å². The zero-order chi connectivity index (χ0) is 13.4. The van der Waals surface area contributed by atoms with E-state index < -0.39 is 5.97 Å². The molecule has 0 amide bonds. The summed E-state index contributed by atoms with van der Waals surface area (Å²) in [4.78, 5) is 8.89. The largest absolute Gasteiger partial charge is 0.550 e. The van der Waals surface area contributed by atoms with Crippen LogP contribution in [0.4, 0.5) is 0 Å². The average molecular weight is 245 g/mol. The van der Waals surface area contributed by atoms with Gasteiger partial charge in [-0.1, -0.05) is 58.3 Å². The van der Waals surface area contributed by atoms with Crippen LogP contribution in [0.5, 0.6) is 0 Å². The van der Waals surface area contributed by atoms with E-state index in [4.69, 9.17) is 9.90 Å². The highest BCUT2D eigenvalue weighted by Gasteiger charge is 1.91. The maximum absolute atomic E-state index is 8.89. The quantitative estimate of drug-likeness (QED) is 0.597. The van der Waals surface area contributed by atoms with Gasteiger partial charge < -0.3 is 15.6 Å². The minimum absolute atomic E-state index is 0.972. The molecule has 0 atom stereocenters. The maximum Gasteiger partial charge on any atom is 0.0739 e. The van der Waals surface area contributed by atoms with Crippen molar-refractivity contribution < 1.29 is 15.6 Å². The maximum atomic E-state index is 8.89. The van der Waals surface area contributed by atoms with E-state index in [9.17, 15) is 0 Å². The highest BCUT2D eigenvalue weighted by atomic mass is 16.4. The van der Waals surface area contributed by atoms with Gasteiger partial charge in [-0.15, -0.1) is 0 Å². The second kappa shape index (κ2) is 17.8. The molecule has 0 aromatic carbocycles. The molecule has 0 fully saturated rings. The Morgan fingerprint density at radius 3 is 1.47 bits per heavy atom. The van der Waals surface area contributed by atoms with E-state index in [0.717, 1.165) is 13.5 Å². The van der Waals surface area contributed by atoms with Gasteiger partial charge in [0.1, 0.15) is 0 Å². The number of rotatable bonds is 10. The molecule has 0 saturated heterocycles. The Bertz CT molecular complexity index is 135. The van der Waals surface area contributed by atoms with Gasteiger partial charge in [0.2, 0.25) is 0 Å². The Morgan fingerprint density at radius 2 is 1.18 bits per heavy atom. The van der Waals surface area contributed by atoms with E-state index in [1.807, 2.05) is 0 Å². The lowest BCUT2D eigenvalue weighted by Crippen LogP contribution is -2.50. The third kappa shape index (κ3) is 31.3. The summed E-state index contributed by atoms with van der Waals surface area (Å²) < 4.78 is 0. The third-order valence-corrected chi connectivity index (χ3v) is 2.60. The molecule has 0 aliphatic rings. The summed E-state index contributed by atoms with van der Waals surface area (Å²) in [5.74, 6) is -1.08. The summed E-state index contributed by atoms with van der Waals surface area (Å²) >= 11 is 0. The Labute approximate surface area is 107 Å². The minimum atomic E-state index is -1.08. The number of carbonyl (C=O) groups excluding carboxylic acids is 1. The van der Waals surface area contributed by atoms with Crippen molar-refractivity contribution in [2.45, 2.75) is 78.1 Å². The molecule has 0 rings (SSSR count). The molecular weight excluding hydrogens is 214 g/mol. The van der Waals surface area contributed by atoms with Crippen LogP contribution < -0.4 is 10.8 Å². The van der Waals surface area contributed by atoms with Crippen molar-refractivity contribution in [2.75, 3.05) is 6.54 Å². The van der Waals surface area contributed by atoms with Gasteiger partial charge in [0, 0.05) is 5.97 Å². The molecule has 3 nitrogen and oxygen atoms in total. The van der Waals surface area contributed by atoms with E-state index in [0.29, 0.717) is 0 Å². The fourth-order valence-electron chi connectivity index (χ4n) is 1.66. The Hall–Kier alpha value is -0.570. The predicted octanol–water partition coefficient (Wildman–Crippen LogP) is 1.91. The number of unbranched alkanes of at least 4 members (excludes halogenated alkanes) is 9. The van der Waals surface area contributed by atoms with Gasteiger partial charge in [-0.2, -0.15) is 0 Å². The van der Waals surface area contributed by atoms with Gasteiger partial charge in [0.05, 0.1) is 6.54 Å². The number of hydrogen-bond donors (Lipinski definition) is 1. The lowest BCUT2D eigenvalue weighted by molar-refractivity contribution is -0.368. The fraction of sp³-hybridized carbons (Fsp3) is 0.929. The summed E-state index contributed by atoms with van der Waals surface area (Å²) in [6.07, 6.45) is 14.2. The van der Waals surface area contributed by atoms with Gasteiger partial charge in [-0.25, -0.2) is 0 Å². The van der Waals surface area contributed by atoms with Crippen LogP contribution in [0.3, 0.4) is 0 Å². The fourth-order valence-corrected chi connectivity index (χ4v) is 1.66. The summed E-state index contributed by atoms with van der Waals surface area (Å²) in [5.41, 5.74) is 3.85. The van der Waals surface area contributed by atoms with Gasteiger partial charge >= 0.3 is 0 Å². The monoisotopic (exact) mass is 245 g/mol. The molecular formula is C14H31NO2. The number of carboxylic acids is 1. The second-order valence-corrected chi connectivity index (χ2v) is 4.53. The summed E-state index contributed by atoms with van der Waals surface area (Å²) in [7, 11) is 0. The molecule has 0 aliphatic heterocycles. The molecule has 0 spiro atoms. The van der Waals surface area contributed by atoms with E-state index in [-0.39, 0.29) is 0 Å². The van der Waals surface area contributed by atoms with E-state index >= 15 is 0 Å². The van der Waals surface area contributed by atoms with Crippen LogP contribution in [0, 0.1) is 0 Å². The molecule has 0 aromatic heterocycles. The highest BCUT2D eigenvalue weighted by Crippen LogP contribution is 2.09.